The van der Waals surface area contributed by atoms with Gasteiger partial charge in [-0.3, -0.25) is 0 Å². The number of halogens is 1. The third-order valence-electron chi connectivity index (χ3n) is 7.40. The fourth-order valence-electron chi connectivity index (χ4n) is 5.49. The second kappa shape index (κ2) is 10.4. The van der Waals surface area contributed by atoms with Crippen molar-refractivity contribution in [3.8, 4) is 17.1 Å². The van der Waals surface area contributed by atoms with Gasteiger partial charge in [-0.15, -0.1) is 0 Å². The van der Waals surface area contributed by atoms with Crippen LogP contribution in [0.3, 0.4) is 0 Å². The second-order valence-corrected chi connectivity index (χ2v) is 10.4. The number of anilines is 1. The molecule has 3 saturated heterocycles. The molecule has 9 nitrogen and oxygen atoms in total. The number of pyridine rings is 1. The smallest absolute Gasteiger partial charge is 0.407 e. The fourth-order valence-corrected chi connectivity index (χ4v) is 5.49. The van der Waals surface area contributed by atoms with Crippen LogP contribution in [0.5, 0.6) is 5.88 Å². The standard InChI is InChI=1S/C28H33FN4O5/c1-16(2)37-28(34)30-18-7-10-33(11-8-18)19-5-3-17(4-6-19)26-20(29)13-21-22(32-26)14-25(31-21)38-24-15-36-23-9-12-35-27(23)24/h3-6,13-14,16,18,23-24,27,31H,7-12,15H2,1-2H3,(H,30,34)/t23-,24?,27+/m1/s1. The molecule has 5 heterocycles. The van der Waals surface area contributed by atoms with Crippen LogP contribution in [0.2, 0.25) is 0 Å². The molecule has 0 radical (unpaired) electrons. The first-order valence-electron chi connectivity index (χ1n) is 13.3. The fraction of sp³-hybridized carbons (Fsp3) is 0.500. The van der Waals surface area contributed by atoms with E-state index in [2.05, 4.69) is 20.2 Å². The minimum absolute atomic E-state index is 0.0661. The van der Waals surface area contributed by atoms with Crippen molar-refractivity contribution in [1.29, 1.82) is 0 Å². The molecule has 3 aliphatic heterocycles. The number of carbonyl (C=O) groups excluding carboxylic acids is 1. The van der Waals surface area contributed by atoms with Gasteiger partial charge in [0.2, 0.25) is 0 Å². The van der Waals surface area contributed by atoms with E-state index in [1.54, 1.807) is 6.07 Å². The maximum absolute atomic E-state index is 15.1. The first-order valence-corrected chi connectivity index (χ1v) is 13.3. The monoisotopic (exact) mass is 524 g/mol. The largest absolute Gasteiger partial charge is 0.470 e. The van der Waals surface area contributed by atoms with Crippen LogP contribution in [0.1, 0.15) is 33.1 Å². The number of hydrogen-bond donors (Lipinski definition) is 2. The highest BCUT2D eigenvalue weighted by atomic mass is 19.1. The minimum atomic E-state index is -0.401. The molecule has 1 amide bonds. The number of ether oxygens (including phenoxy) is 4. The Hall–Kier alpha value is -3.37. The van der Waals surface area contributed by atoms with Crippen LogP contribution >= 0.6 is 0 Å². The molecule has 1 aromatic carbocycles. The molecule has 3 fully saturated rings. The molecule has 2 aromatic heterocycles. The molecule has 0 saturated carbocycles. The van der Waals surface area contributed by atoms with E-state index in [0.29, 0.717) is 41.4 Å². The van der Waals surface area contributed by atoms with E-state index in [9.17, 15) is 4.79 Å². The van der Waals surface area contributed by atoms with Crippen molar-refractivity contribution in [3.05, 3.63) is 42.2 Å². The van der Waals surface area contributed by atoms with Crippen molar-refractivity contribution in [2.24, 2.45) is 0 Å². The number of H-pyrrole nitrogens is 1. The van der Waals surface area contributed by atoms with Crippen LogP contribution in [0.4, 0.5) is 14.9 Å². The molecule has 3 atom stereocenters. The third-order valence-corrected chi connectivity index (χ3v) is 7.40. The number of fused-ring (bicyclic) bond motifs is 2. The lowest BCUT2D eigenvalue weighted by molar-refractivity contribution is 0.0292. The Labute approximate surface area is 220 Å². The zero-order valence-electron chi connectivity index (χ0n) is 21.6. The Balaban J connectivity index is 1.10. The van der Waals surface area contributed by atoms with Gasteiger partial charge < -0.3 is 34.1 Å². The lowest BCUT2D eigenvalue weighted by Gasteiger charge is -2.34. The third kappa shape index (κ3) is 5.15. The van der Waals surface area contributed by atoms with Gasteiger partial charge >= 0.3 is 6.09 Å². The summed E-state index contributed by atoms with van der Waals surface area (Å²) in [7, 11) is 0. The molecule has 0 aliphatic carbocycles. The van der Waals surface area contributed by atoms with Gasteiger partial charge in [0.05, 0.1) is 29.8 Å². The Kier molecular flexibility index (Phi) is 6.84. The van der Waals surface area contributed by atoms with E-state index in [4.69, 9.17) is 18.9 Å². The van der Waals surface area contributed by atoms with Crippen molar-refractivity contribution in [2.45, 2.75) is 63.6 Å². The van der Waals surface area contributed by atoms with Crippen LogP contribution in [0.15, 0.2) is 36.4 Å². The summed E-state index contributed by atoms with van der Waals surface area (Å²) >= 11 is 0. The minimum Gasteiger partial charge on any atom is -0.470 e. The number of hydrogen-bond acceptors (Lipinski definition) is 7. The van der Waals surface area contributed by atoms with E-state index < -0.39 is 5.82 Å². The Morgan fingerprint density at radius 3 is 2.71 bits per heavy atom. The maximum atomic E-state index is 15.1. The topological polar surface area (TPSA) is 97.9 Å². The number of benzene rings is 1. The number of carbonyl (C=O) groups is 1. The average Bonchev–Trinajstić information content (AvgIpc) is 3.61. The van der Waals surface area contributed by atoms with Gasteiger partial charge in [-0.05, 0) is 45.2 Å². The molecule has 6 rings (SSSR count). The van der Waals surface area contributed by atoms with E-state index >= 15 is 4.39 Å². The molecule has 0 bridgehead atoms. The van der Waals surface area contributed by atoms with Crippen LogP contribution in [-0.2, 0) is 14.2 Å². The van der Waals surface area contributed by atoms with Crippen molar-refractivity contribution < 1.29 is 28.1 Å². The Bertz CT molecular complexity index is 1290. The van der Waals surface area contributed by atoms with Gasteiger partial charge in [0.15, 0.2) is 17.8 Å². The number of nitrogens with zero attached hydrogens (tertiary/aromatic N) is 2. The molecule has 1 unspecified atom stereocenters. The highest BCUT2D eigenvalue weighted by Gasteiger charge is 2.43. The summed E-state index contributed by atoms with van der Waals surface area (Å²) in [6, 6.07) is 11.1. The molecule has 3 aliphatic rings. The van der Waals surface area contributed by atoms with Crippen LogP contribution < -0.4 is 15.0 Å². The molecule has 2 N–H and O–H groups in total. The first kappa shape index (κ1) is 24.9. The normalized spacial score (nSPS) is 23.7. The SMILES string of the molecule is CC(C)OC(=O)NC1CCN(c2ccc(-c3nc4cc(OC5CO[C@@H]6CCO[C@H]56)[nH]c4cc3F)cc2)CC1. The van der Waals surface area contributed by atoms with Crippen molar-refractivity contribution >= 4 is 22.8 Å². The van der Waals surface area contributed by atoms with E-state index in [0.717, 1.165) is 38.0 Å². The van der Waals surface area contributed by atoms with E-state index in [1.165, 1.54) is 6.07 Å². The predicted octanol–water partition coefficient (Wildman–Crippen LogP) is 4.41. The summed E-state index contributed by atoms with van der Waals surface area (Å²) in [6.07, 6.45) is 1.89. The summed E-state index contributed by atoms with van der Waals surface area (Å²) < 4.78 is 37.8. The quantitative estimate of drug-likeness (QED) is 0.493. The summed E-state index contributed by atoms with van der Waals surface area (Å²) in [4.78, 5) is 21.9. The zero-order chi connectivity index (χ0) is 26.2. The molecule has 202 valence electrons. The average molecular weight is 525 g/mol. The lowest BCUT2D eigenvalue weighted by atomic mass is 10.0. The molecule has 3 aromatic rings. The van der Waals surface area contributed by atoms with Gasteiger partial charge in [-0.1, -0.05) is 12.1 Å². The van der Waals surface area contributed by atoms with Gasteiger partial charge in [-0.2, -0.15) is 0 Å². The number of piperidine rings is 1. The van der Waals surface area contributed by atoms with Crippen molar-refractivity contribution in [1.82, 2.24) is 15.3 Å². The van der Waals surface area contributed by atoms with Crippen molar-refractivity contribution in [2.75, 3.05) is 31.2 Å². The number of nitrogens with one attached hydrogen (secondary N) is 2. The highest BCUT2D eigenvalue weighted by molar-refractivity contribution is 5.81. The number of amides is 1. The van der Waals surface area contributed by atoms with Gasteiger partial charge in [-0.25, -0.2) is 14.2 Å². The summed E-state index contributed by atoms with van der Waals surface area (Å²) in [5.41, 5.74) is 3.27. The van der Waals surface area contributed by atoms with Gasteiger partial charge in [0.1, 0.15) is 11.8 Å². The number of rotatable bonds is 6. The highest BCUT2D eigenvalue weighted by Crippen LogP contribution is 2.32. The Morgan fingerprint density at radius 1 is 1.16 bits per heavy atom. The molecular weight excluding hydrogens is 491 g/mol. The van der Waals surface area contributed by atoms with Crippen LogP contribution in [0, 0.1) is 5.82 Å². The number of aromatic amines is 1. The maximum Gasteiger partial charge on any atom is 0.407 e. The number of aromatic nitrogens is 2. The zero-order valence-corrected chi connectivity index (χ0v) is 21.6. The summed E-state index contributed by atoms with van der Waals surface area (Å²) in [6.45, 7) is 6.46. The first-order chi connectivity index (χ1) is 18.4. The summed E-state index contributed by atoms with van der Waals surface area (Å²) in [5, 5.41) is 2.94. The number of alkyl carbamates (subject to hydrolysis) is 1. The molecule has 38 heavy (non-hydrogen) atoms. The van der Waals surface area contributed by atoms with Gasteiger partial charge in [0, 0.05) is 49.1 Å². The second-order valence-electron chi connectivity index (χ2n) is 10.4. The van der Waals surface area contributed by atoms with Crippen LogP contribution in [-0.4, -0.2) is 72.8 Å². The molecule has 10 heteroatoms. The summed E-state index contributed by atoms with van der Waals surface area (Å²) in [5.74, 6) is 0.127. The Morgan fingerprint density at radius 2 is 1.95 bits per heavy atom. The van der Waals surface area contributed by atoms with Crippen molar-refractivity contribution in [3.63, 3.8) is 0 Å². The van der Waals surface area contributed by atoms with Crippen LogP contribution in [0.25, 0.3) is 22.3 Å². The van der Waals surface area contributed by atoms with Gasteiger partial charge in [0.25, 0.3) is 0 Å². The predicted molar refractivity (Wildman–Crippen MR) is 140 cm³/mol. The van der Waals surface area contributed by atoms with E-state index in [-0.39, 0.29) is 36.6 Å². The molecular formula is C28H33FN4O5. The molecule has 0 spiro atoms. The van der Waals surface area contributed by atoms with E-state index in [1.807, 2.05) is 38.1 Å². The lowest BCUT2D eigenvalue weighted by Crippen LogP contribution is -2.45.